The Morgan fingerprint density at radius 2 is 1.84 bits per heavy atom. The minimum atomic E-state index is 0.117. The van der Waals surface area contributed by atoms with Gasteiger partial charge in [-0.15, -0.1) is 0 Å². The topological polar surface area (TPSA) is 35.6 Å². The number of likely N-dealkylation sites (tertiary alicyclic amines) is 1. The van der Waals surface area contributed by atoms with Gasteiger partial charge in [-0.05, 0) is 11.8 Å². The fraction of sp³-hybridized carbons (Fsp3) is 0.933. The average Bonchev–Trinajstić information content (AvgIpc) is 2.37. The molecule has 0 radical (unpaired) electrons. The van der Waals surface area contributed by atoms with Crippen molar-refractivity contribution in [2.24, 2.45) is 11.3 Å². The van der Waals surface area contributed by atoms with Crippen molar-refractivity contribution in [1.82, 2.24) is 15.1 Å². The van der Waals surface area contributed by atoms with E-state index in [-0.39, 0.29) is 11.3 Å². The Morgan fingerprint density at radius 3 is 2.37 bits per heavy atom. The molecule has 0 spiro atoms. The molecule has 0 saturated carbocycles. The fourth-order valence-corrected chi connectivity index (χ4v) is 3.57. The molecule has 19 heavy (non-hydrogen) atoms. The zero-order valence-electron chi connectivity index (χ0n) is 12.9. The first-order valence-electron chi connectivity index (χ1n) is 7.65. The second-order valence-corrected chi connectivity index (χ2v) is 6.99. The van der Waals surface area contributed by atoms with E-state index in [1.807, 2.05) is 13.8 Å². The first-order chi connectivity index (χ1) is 8.92. The van der Waals surface area contributed by atoms with Gasteiger partial charge >= 0.3 is 0 Å². The van der Waals surface area contributed by atoms with E-state index >= 15 is 0 Å². The van der Waals surface area contributed by atoms with Crippen LogP contribution in [0.2, 0.25) is 0 Å². The maximum Gasteiger partial charge on any atom is 0.225 e. The normalized spacial score (nSPS) is 28.7. The number of rotatable bonds is 2. The molecule has 4 nitrogen and oxygen atoms in total. The highest BCUT2D eigenvalue weighted by Gasteiger charge is 2.40. The van der Waals surface area contributed by atoms with Crippen molar-refractivity contribution in [3.05, 3.63) is 0 Å². The van der Waals surface area contributed by atoms with E-state index in [9.17, 15) is 4.79 Å². The number of piperidine rings is 1. The number of piperazine rings is 1. The van der Waals surface area contributed by atoms with E-state index in [1.54, 1.807) is 0 Å². The van der Waals surface area contributed by atoms with Crippen molar-refractivity contribution in [2.75, 3.05) is 39.3 Å². The van der Waals surface area contributed by atoms with Crippen LogP contribution in [-0.4, -0.2) is 61.0 Å². The first-order valence-corrected chi connectivity index (χ1v) is 7.65. The Morgan fingerprint density at radius 1 is 1.21 bits per heavy atom. The fourth-order valence-electron chi connectivity index (χ4n) is 3.57. The molecule has 0 aromatic heterocycles. The largest absolute Gasteiger partial charge is 0.342 e. The lowest BCUT2D eigenvalue weighted by Gasteiger charge is -2.50. The van der Waals surface area contributed by atoms with Crippen molar-refractivity contribution < 1.29 is 4.79 Å². The van der Waals surface area contributed by atoms with Gasteiger partial charge in [0.2, 0.25) is 5.91 Å². The van der Waals surface area contributed by atoms with Crippen molar-refractivity contribution >= 4 is 5.91 Å². The second-order valence-electron chi connectivity index (χ2n) is 6.99. The zero-order chi connectivity index (χ0) is 14.0. The third-order valence-electron chi connectivity index (χ3n) is 4.57. The quantitative estimate of drug-likeness (QED) is 0.816. The standard InChI is InChI=1S/C15H29N3O/c1-12(2)14(19)18-8-5-13(15(3,4)11-18)17-9-6-16-7-10-17/h12-13,16H,5-11H2,1-4H3. The minimum absolute atomic E-state index is 0.117. The van der Waals surface area contributed by atoms with E-state index in [0.717, 1.165) is 45.7 Å². The summed E-state index contributed by atoms with van der Waals surface area (Å²) < 4.78 is 0. The smallest absolute Gasteiger partial charge is 0.225 e. The van der Waals surface area contributed by atoms with E-state index < -0.39 is 0 Å². The Balaban J connectivity index is 2.00. The molecule has 2 heterocycles. The van der Waals surface area contributed by atoms with Crippen LogP contribution in [-0.2, 0) is 4.79 Å². The summed E-state index contributed by atoms with van der Waals surface area (Å²) in [5.74, 6) is 0.429. The van der Waals surface area contributed by atoms with Crippen LogP contribution in [0, 0.1) is 11.3 Å². The van der Waals surface area contributed by atoms with Crippen molar-refractivity contribution in [2.45, 2.75) is 40.2 Å². The second kappa shape index (κ2) is 5.80. The van der Waals surface area contributed by atoms with Gasteiger partial charge in [0.15, 0.2) is 0 Å². The van der Waals surface area contributed by atoms with E-state index in [0.29, 0.717) is 11.9 Å². The molecule has 0 bridgehead atoms. The monoisotopic (exact) mass is 267 g/mol. The molecule has 1 amide bonds. The molecule has 4 heteroatoms. The van der Waals surface area contributed by atoms with Gasteiger partial charge in [-0.2, -0.15) is 0 Å². The molecular formula is C15H29N3O. The number of carbonyl (C=O) groups is 1. The maximum atomic E-state index is 12.2. The predicted octanol–water partition coefficient (Wildman–Crippen LogP) is 1.17. The van der Waals surface area contributed by atoms with Crippen LogP contribution >= 0.6 is 0 Å². The van der Waals surface area contributed by atoms with Gasteiger partial charge in [0, 0.05) is 51.2 Å². The minimum Gasteiger partial charge on any atom is -0.342 e. The van der Waals surface area contributed by atoms with Crippen LogP contribution in [0.25, 0.3) is 0 Å². The summed E-state index contributed by atoms with van der Waals surface area (Å²) in [6.07, 6.45) is 1.12. The Hall–Kier alpha value is -0.610. The van der Waals surface area contributed by atoms with Crippen LogP contribution in [0.1, 0.15) is 34.1 Å². The van der Waals surface area contributed by atoms with Crippen LogP contribution in [0.5, 0.6) is 0 Å². The van der Waals surface area contributed by atoms with Crippen LogP contribution in [0.4, 0.5) is 0 Å². The number of carbonyl (C=O) groups excluding carboxylic acids is 1. The summed E-state index contributed by atoms with van der Waals surface area (Å²) in [7, 11) is 0. The number of nitrogens with zero attached hydrogens (tertiary/aromatic N) is 2. The molecule has 2 saturated heterocycles. The molecule has 2 aliphatic rings. The van der Waals surface area contributed by atoms with Gasteiger partial charge in [-0.1, -0.05) is 27.7 Å². The average molecular weight is 267 g/mol. The van der Waals surface area contributed by atoms with E-state index in [4.69, 9.17) is 0 Å². The first kappa shape index (κ1) is 14.8. The molecule has 0 aliphatic carbocycles. The summed E-state index contributed by atoms with van der Waals surface area (Å²) in [6, 6.07) is 0.616. The molecule has 1 N–H and O–H groups in total. The number of hydrogen-bond acceptors (Lipinski definition) is 3. The predicted molar refractivity (Wildman–Crippen MR) is 78.0 cm³/mol. The van der Waals surface area contributed by atoms with Crippen LogP contribution in [0.3, 0.4) is 0 Å². The lowest BCUT2D eigenvalue weighted by Crippen LogP contribution is -2.60. The van der Waals surface area contributed by atoms with Gasteiger partial charge in [0.1, 0.15) is 0 Å². The van der Waals surface area contributed by atoms with Crippen LogP contribution < -0.4 is 5.32 Å². The molecule has 2 fully saturated rings. The SMILES string of the molecule is CC(C)C(=O)N1CCC(N2CCNCC2)C(C)(C)C1. The third kappa shape index (κ3) is 3.29. The van der Waals surface area contributed by atoms with Gasteiger partial charge < -0.3 is 10.2 Å². The number of amides is 1. The summed E-state index contributed by atoms with van der Waals surface area (Å²) in [4.78, 5) is 16.9. The molecule has 0 aromatic rings. The Labute approximate surface area is 117 Å². The van der Waals surface area contributed by atoms with Gasteiger partial charge in [-0.3, -0.25) is 9.69 Å². The summed E-state index contributed by atoms with van der Waals surface area (Å²) in [5, 5.41) is 3.42. The molecule has 110 valence electrons. The van der Waals surface area contributed by atoms with Gasteiger partial charge in [-0.25, -0.2) is 0 Å². The summed E-state index contributed by atoms with van der Waals surface area (Å²) in [6.45, 7) is 14.9. The number of nitrogens with one attached hydrogen (secondary N) is 1. The third-order valence-corrected chi connectivity index (χ3v) is 4.57. The zero-order valence-corrected chi connectivity index (χ0v) is 12.9. The van der Waals surface area contributed by atoms with Crippen molar-refractivity contribution in [1.29, 1.82) is 0 Å². The highest BCUT2D eigenvalue weighted by Crippen LogP contribution is 2.33. The lowest BCUT2D eigenvalue weighted by molar-refractivity contribution is -0.139. The van der Waals surface area contributed by atoms with Gasteiger partial charge in [0.25, 0.3) is 0 Å². The molecular weight excluding hydrogens is 238 g/mol. The van der Waals surface area contributed by atoms with E-state index in [1.165, 1.54) is 0 Å². The van der Waals surface area contributed by atoms with E-state index in [2.05, 4.69) is 29.0 Å². The molecule has 2 aliphatic heterocycles. The lowest BCUT2D eigenvalue weighted by atomic mass is 9.77. The molecule has 1 atom stereocenters. The summed E-state index contributed by atoms with van der Waals surface area (Å²) >= 11 is 0. The van der Waals surface area contributed by atoms with Gasteiger partial charge in [0.05, 0.1) is 0 Å². The molecule has 0 aromatic carbocycles. The van der Waals surface area contributed by atoms with Crippen LogP contribution in [0.15, 0.2) is 0 Å². The highest BCUT2D eigenvalue weighted by atomic mass is 16.2. The summed E-state index contributed by atoms with van der Waals surface area (Å²) in [5.41, 5.74) is 0.195. The highest BCUT2D eigenvalue weighted by molar-refractivity contribution is 5.78. The molecule has 1 unspecified atom stereocenters. The van der Waals surface area contributed by atoms with Crippen molar-refractivity contribution in [3.8, 4) is 0 Å². The Kier molecular flexibility index (Phi) is 4.51. The number of hydrogen-bond donors (Lipinski definition) is 1. The maximum absolute atomic E-state index is 12.2. The Bertz CT molecular complexity index is 321. The molecule has 2 rings (SSSR count). The van der Waals surface area contributed by atoms with Crippen molar-refractivity contribution in [3.63, 3.8) is 0 Å².